The summed E-state index contributed by atoms with van der Waals surface area (Å²) in [5, 5.41) is 14.4. The Kier molecular flexibility index (Phi) is 3.29. The summed E-state index contributed by atoms with van der Waals surface area (Å²) in [6, 6.07) is 8.31. The highest BCUT2D eigenvalue weighted by Gasteiger charge is 2.08. The zero-order valence-electron chi connectivity index (χ0n) is 10.6. The van der Waals surface area contributed by atoms with Gasteiger partial charge < -0.3 is 9.67 Å². The van der Waals surface area contributed by atoms with Crippen LogP contribution in [-0.4, -0.2) is 31.0 Å². The van der Waals surface area contributed by atoms with Gasteiger partial charge in [0.05, 0.1) is 0 Å². The van der Waals surface area contributed by atoms with Gasteiger partial charge in [-0.1, -0.05) is 18.2 Å². The fourth-order valence-corrected chi connectivity index (χ4v) is 2.37. The molecule has 5 nitrogen and oxygen atoms in total. The van der Waals surface area contributed by atoms with Gasteiger partial charge in [-0.3, -0.25) is 0 Å². The van der Waals surface area contributed by atoms with Crippen LogP contribution in [0.2, 0.25) is 0 Å². The van der Waals surface area contributed by atoms with Gasteiger partial charge in [0.1, 0.15) is 19.3 Å². The molecule has 0 fully saturated rings. The predicted molar refractivity (Wildman–Crippen MR) is 72.8 cm³/mol. The molecule has 5 heteroatoms. The van der Waals surface area contributed by atoms with Gasteiger partial charge >= 0.3 is 0 Å². The first kappa shape index (κ1) is 11.9. The number of para-hydroxylation sites is 1. The van der Waals surface area contributed by atoms with E-state index in [2.05, 4.69) is 33.0 Å². The molecule has 2 heterocycles. The topological polar surface area (TPSA) is 55.9 Å². The van der Waals surface area contributed by atoms with E-state index in [1.165, 1.54) is 16.5 Å². The van der Waals surface area contributed by atoms with Gasteiger partial charge in [0, 0.05) is 23.7 Å². The zero-order chi connectivity index (χ0) is 13.1. The second kappa shape index (κ2) is 5.24. The number of nitrogens with zero attached hydrogens (tertiary/aromatic N) is 4. The summed E-state index contributed by atoms with van der Waals surface area (Å²) in [7, 11) is 0. The summed E-state index contributed by atoms with van der Waals surface area (Å²) in [6.07, 6.45) is 7.07. The van der Waals surface area contributed by atoms with Crippen LogP contribution in [0.1, 0.15) is 12.0 Å². The molecule has 1 aromatic carbocycles. The van der Waals surface area contributed by atoms with E-state index in [1.54, 1.807) is 17.3 Å². The number of aromatic nitrogens is 4. The molecule has 0 radical (unpaired) electrons. The van der Waals surface area contributed by atoms with Crippen molar-refractivity contribution in [2.75, 3.05) is 6.61 Å². The molecule has 3 aromatic rings. The highest BCUT2D eigenvalue weighted by molar-refractivity contribution is 5.83. The van der Waals surface area contributed by atoms with Crippen molar-refractivity contribution in [1.82, 2.24) is 19.3 Å². The number of hydrogen-bond acceptors (Lipinski definition) is 3. The Bertz CT molecular complexity index is 657. The highest BCUT2D eigenvalue weighted by Crippen LogP contribution is 2.22. The quantitative estimate of drug-likeness (QED) is 0.755. The molecule has 2 aromatic heterocycles. The molecule has 98 valence electrons. The molecule has 0 aliphatic carbocycles. The lowest BCUT2D eigenvalue weighted by atomic mass is 10.1. The van der Waals surface area contributed by atoms with Crippen molar-refractivity contribution < 1.29 is 5.11 Å². The van der Waals surface area contributed by atoms with Crippen LogP contribution in [0.3, 0.4) is 0 Å². The first-order chi connectivity index (χ1) is 9.38. The number of rotatable bonds is 5. The molecule has 0 aliphatic heterocycles. The van der Waals surface area contributed by atoms with Gasteiger partial charge in [-0.2, -0.15) is 5.10 Å². The second-order valence-electron chi connectivity index (χ2n) is 4.54. The predicted octanol–water partition coefficient (Wildman–Crippen LogP) is 1.66. The summed E-state index contributed by atoms with van der Waals surface area (Å²) in [5.74, 6) is 0. The van der Waals surface area contributed by atoms with E-state index in [4.69, 9.17) is 5.11 Å². The Morgan fingerprint density at radius 1 is 1.21 bits per heavy atom. The Morgan fingerprint density at radius 2 is 2.11 bits per heavy atom. The summed E-state index contributed by atoms with van der Waals surface area (Å²) in [5.41, 5.74) is 2.45. The second-order valence-corrected chi connectivity index (χ2v) is 4.54. The SMILES string of the molecule is OCCCc1cn(Cn2cncn2)c2ccccc12. The van der Waals surface area contributed by atoms with Gasteiger partial charge in [-0.25, -0.2) is 9.67 Å². The first-order valence-corrected chi connectivity index (χ1v) is 6.38. The lowest BCUT2D eigenvalue weighted by Gasteiger charge is -2.04. The number of aliphatic hydroxyl groups is 1. The van der Waals surface area contributed by atoms with Gasteiger partial charge in [0.15, 0.2) is 0 Å². The van der Waals surface area contributed by atoms with Gasteiger partial charge in [-0.15, -0.1) is 0 Å². The molecule has 0 spiro atoms. The summed E-state index contributed by atoms with van der Waals surface area (Å²) >= 11 is 0. The van der Waals surface area contributed by atoms with E-state index < -0.39 is 0 Å². The number of fused-ring (bicyclic) bond motifs is 1. The van der Waals surface area contributed by atoms with Crippen LogP contribution in [0.4, 0.5) is 0 Å². The lowest BCUT2D eigenvalue weighted by molar-refractivity contribution is 0.288. The van der Waals surface area contributed by atoms with E-state index in [9.17, 15) is 0 Å². The van der Waals surface area contributed by atoms with Crippen molar-refractivity contribution in [3.05, 3.63) is 48.7 Å². The molecule has 19 heavy (non-hydrogen) atoms. The average Bonchev–Trinajstić information content (AvgIpc) is 3.06. The zero-order valence-corrected chi connectivity index (χ0v) is 10.6. The van der Waals surface area contributed by atoms with E-state index in [0.29, 0.717) is 6.67 Å². The maximum Gasteiger partial charge on any atom is 0.137 e. The van der Waals surface area contributed by atoms with Crippen molar-refractivity contribution in [2.45, 2.75) is 19.5 Å². The van der Waals surface area contributed by atoms with Crippen LogP contribution in [0.5, 0.6) is 0 Å². The Morgan fingerprint density at radius 3 is 2.89 bits per heavy atom. The van der Waals surface area contributed by atoms with Crippen molar-refractivity contribution in [1.29, 1.82) is 0 Å². The first-order valence-electron chi connectivity index (χ1n) is 6.38. The van der Waals surface area contributed by atoms with Crippen LogP contribution >= 0.6 is 0 Å². The maximum absolute atomic E-state index is 8.98. The Labute approximate surface area is 111 Å². The Balaban J connectivity index is 1.99. The monoisotopic (exact) mass is 256 g/mol. The highest BCUT2D eigenvalue weighted by atomic mass is 16.2. The van der Waals surface area contributed by atoms with Crippen LogP contribution in [0.25, 0.3) is 10.9 Å². The van der Waals surface area contributed by atoms with E-state index in [1.807, 2.05) is 12.1 Å². The van der Waals surface area contributed by atoms with Crippen LogP contribution in [-0.2, 0) is 13.1 Å². The number of hydrogen-bond donors (Lipinski definition) is 1. The molecule has 3 rings (SSSR count). The molecule has 0 saturated carbocycles. The molecule has 0 bridgehead atoms. The number of benzene rings is 1. The van der Waals surface area contributed by atoms with E-state index >= 15 is 0 Å². The van der Waals surface area contributed by atoms with Crippen LogP contribution < -0.4 is 0 Å². The number of aliphatic hydroxyl groups excluding tert-OH is 1. The lowest BCUT2D eigenvalue weighted by Crippen LogP contribution is -2.07. The van der Waals surface area contributed by atoms with Gasteiger partial charge in [0.2, 0.25) is 0 Å². The average molecular weight is 256 g/mol. The van der Waals surface area contributed by atoms with Gasteiger partial charge in [-0.05, 0) is 24.5 Å². The van der Waals surface area contributed by atoms with Crippen LogP contribution in [0, 0.1) is 0 Å². The molecular formula is C14H16N4O. The van der Waals surface area contributed by atoms with Crippen molar-refractivity contribution >= 4 is 10.9 Å². The minimum absolute atomic E-state index is 0.225. The van der Waals surface area contributed by atoms with E-state index in [-0.39, 0.29) is 6.61 Å². The normalized spacial score (nSPS) is 11.2. The fourth-order valence-electron chi connectivity index (χ4n) is 2.37. The smallest absolute Gasteiger partial charge is 0.137 e. The number of aryl methyl sites for hydroxylation is 1. The van der Waals surface area contributed by atoms with Crippen molar-refractivity contribution in [3.63, 3.8) is 0 Å². The van der Waals surface area contributed by atoms with Crippen molar-refractivity contribution in [3.8, 4) is 0 Å². The summed E-state index contributed by atoms with van der Waals surface area (Å²) < 4.78 is 3.96. The van der Waals surface area contributed by atoms with Crippen LogP contribution in [0.15, 0.2) is 43.1 Å². The van der Waals surface area contributed by atoms with Gasteiger partial charge in [0.25, 0.3) is 0 Å². The molecule has 0 saturated heterocycles. The molecule has 0 amide bonds. The largest absolute Gasteiger partial charge is 0.396 e. The molecule has 0 unspecified atom stereocenters. The third-order valence-corrected chi connectivity index (χ3v) is 3.24. The van der Waals surface area contributed by atoms with Crippen molar-refractivity contribution in [2.24, 2.45) is 0 Å². The minimum atomic E-state index is 0.225. The third kappa shape index (κ3) is 2.37. The third-order valence-electron chi connectivity index (χ3n) is 3.24. The minimum Gasteiger partial charge on any atom is -0.396 e. The summed E-state index contributed by atoms with van der Waals surface area (Å²) in [4.78, 5) is 3.96. The Hall–Kier alpha value is -2.14. The molecule has 1 N–H and O–H groups in total. The van der Waals surface area contributed by atoms with E-state index in [0.717, 1.165) is 12.8 Å². The standard InChI is InChI=1S/C14H16N4O/c19-7-3-4-12-8-17(11-18-10-15-9-16-18)14-6-2-1-5-13(12)14/h1-2,5-6,8-10,19H,3-4,7,11H2. The molecular weight excluding hydrogens is 240 g/mol. The molecule has 0 aliphatic rings. The maximum atomic E-state index is 8.98. The fraction of sp³-hybridized carbons (Fsp3) is 0.286. The summed E-state index contributed by atoms with van der Waals surface area (Å²) in [6.45, 7) is 0.877. The molecule has 0 atom stereocenters.